The summed E-state index contributed by atoms with van der Waals surface area (Å²) in [6, 6.07) is 7.58. The zero-order valence-electron chi connectivity index (χ0n) is 17.0. The van der Waals surface area contributed by atoms with E-state index in [2.05, 4.69) is 4.98 Å². The number of hydrogen-bond donors (Lipinski definition) is 1. The van der Waals surface area contributed by atoms with Gasteiger partial charge in [0.1, 0.15) is 18.4 Å². The van der Waals surface area contributed by atoms with Gasteiger partial charge in [-0.1, -0.05) is 23.7 Å². The van der Waals surface area contributed by atoms with Gasteiger partial charge in [0.05, 0.1) is 16.1 Å². The molecule has 0 saturated heterocycles. The highest BCUT2D eigenvalue weighted by Gasteiger charge is 2.37. The van der Waals surface area contributed by atoms with Crippen molar-refractivity contribution in [2.45, 2.75) is 19.1 Å². The molecule has 33 heavy (non-hydrogen) atoms. The van der Waals surface area contributed by atoms with E-state index in [1.165, 1.54) is 34.4 Å². The maximum atomic E-state index is 14.0. The van der Waals surface area contributed by atoms with E-state index < -0.39 is 43.0 Å². The number of halogens is 3. The summed E-state index contributed by atoms with van der Waals surface area (Å²) in [6.07, 6.45) is -0.295. The van der Waals surface area contributed by atoms with Crippen LogP contribution in [0.1, 0.15) is 27.7 Å². The van der Waals surface area contributed by atoms with Crippen molar-refractivity contribution in [3.05, 3.63) is 80.3 Å². The Morgan fingerprint density at radius 1 is 1.27 bits per heavy atom. The predicted molar refractivity (Wildman–Crippen MR) is 115 cm³/mol. The van der Waals surface area contributed by atoms with Crippen LogP contribution >= 0.6 is 22.9 Å². The molecule has 2 aromatic carbocycles. The first-order valence-electron chi connectivity index (χ1n) is 9.77. The molecule has 0 aliphatic carbocycles. The molecule has 1 aliphatic rings. The third-order valence-electron chi connectivity index (χ3n) is 5.06. The average molecular weight is 495 g/mol. The average Bonchev–Trinajstić information content (AvgIpc) is 3.27. The van der Waals surface area contributed by atoms with Crippen molar-refractivity contribution < 1.29 is 33.0 Å². The van der Waals surface area contributed by atoms with Crippen LogP contribution in [0, 0.1) is 11.6 Å². The Hall–Kier alpha value is -3.24. The Bertz CT molecular complexity index is 1210. The molecule has 1 aliphatic heterocycles. The van der Waals surface area contributed by atoms with Crippen molar-refractivity contribution in [1.29, 1.82) is 0 Å². The first-order chi connectivity index (χ1) is 15.8. The Balaban J connectivity index is 1.66. The van der Waals surface area contributed by atoms with Gasteiger partial charge in [-0.3, -0.25) is 4.90 Å². The molecule has 11 heteroatoms. The van der Waals surface area contributed by atoms with Gasteiger partial charge >= 0.3 is 12.1 Å². The fourth-order valence-electron chi connectivity index (χ4n) is 3.58. The lowest BCUT2D eigenvalue weighted by Crippen LogP contribution is -2.40. The summed E-state index contributed by atoms with van der Waals surface area (Å²) >= 11 is 7.53. The van der Waals surface area contributed by atoms with E-state index in [1.54, 1.807) is 17.6 Å². The van der Waals surface area contributed by atoms with Gasteiger partial charge in [-0.15, -0.1) is 11.3 Å². The van der Waals surface area contributed by atoms with Crippen LogP contribution in [-0.4, -0.2) is 40.2 Å². The van der Waals surface area contributed by atoms with Gasteiger partial charge in [0, 0.05) is 29.1 Å². The van der Waals surface area contributed by atoms with E-state index in [-0.39, 0.29) is 17.9 Å². The SMILES string of the molecule is O=C(O)COc1ccc(Cl)cc1C1c2scnc2CCN1C(=O)OCc1cccc(F)c1F. The first kappa shape index (κ1) is 22.9. The number of benzene rings is 2. The normalized spacial score (nSPS) is 15.1. The van der Waals surface area contributed by atoms with Crippen molar-refractivity contribution in [2.75, 3.05) is 13.2 Å². The van der Waals surface area contributed by atoms with Crippen LogP contribution in [0.15, 0.2) is 41.9 Å². The summed E-state index contributed by atoms with van der Waals surface area (Å²) < 4.78 is 38.2. The maximum absolute atomic E-state index is 14.0. The first-order valence-corrected chi connectivity index (χ1v) is 11.0. The number of fused-ring (bicyclic) bond motifs is 1. The fraction of sp³-hybridized carbons (Fsp3) is 0.227. The maximum Gasteiger partial charge on any atom is 0.410 e. The number of carbonyl (C=O) groups excluding carboxylic acids is 1. The molecule has 0 fully saturated rings. The van der Waals surface area contributed by atoms with E-state index in [0.717, 1.165) is 16.6 Å². The number of carbonyl (C=O) groups is 2. The van der Waals surface area contributed by atoms with Crippen molar-refractivity contribution >= 4 is 35.0 Å². The lowest BCUT2D eigenvalue weighted by molar-refractivity contribution is -0.139. The van der Waals surface area contributed by atoms with Crippen LogP contribution in [0.5, 0.6) is 5.75 Å². The highest BCUT2D eigenvalue weighted by molar-refractivity contribution is 7.09. The molecule has 1 aromatic heterocycles. The lowest BCUT2D eigenvalue weighted by Gasteiger charge is -2.35. The second-order valence-electron chi connectivity index (χ2n) is 7.14. The number of carboxylic acid groups (broad SMARTS) is 1. The summed E-state index contributed by atoms with van der Waals surface area (Å²) in [5, 5.41) is 9.38. The zero-order chi connectivity index (χ0) is 23.5. The van der Waals surface area contributed by atoms with E-state index in [4.69, 9.17) is 26.2 Å². The molecule has 1 unspecified atom stereocenters. The molecule has 1 atom stereocenters. The van der Waals surface area contributed by atoms with Crippen LogP contribution in [0.25, 0.3) is 0 Å². The predicted octanol–water partition coefficient (Wildman–Crippen LogP) is 4.82. The number of thiazole rings is 1. The third-order valence-corrected chi connectivity index (χ3v) is 6.22. The standard InChI is InChI=1S/C22H17ClF2N2O5S/c23-13-4-5-17(31-10-18(28)29)14(8-13)20-21-16(26-11-33-21)6-7-27(20)22(30)32-9-12-2-1-3-15(24)19(12)25/h1-5,8,11,20H,6-7,9-10H2,(H,28,29). The fourth-order valence-corrected chi connectivity index (χ4v) is 4.73. The second-order valence-corrected chi connectivity index (χ2v) is 8.46. The van der Waals surface area contributed by atoms with Gasteiger partial charge in [-0.25, -0.2) is 23.4 Å². The van der Waals surface area contributed by atoms with Gasteiger partial charge in [0.15, 0.2) is 18.2 Å². The molecule has 1 amide bonds. The lowest BCUT2D eigenvalue weighted by atomic mass is 9.97. The van der Waals surface area contributed by atoms with E-state index >= 15 is 0 Å². The molecule has 3 aromatic rings. The zero-order valence-corrected chi connectivity index (χ0v) is 18.5. The molecule has 0 saturated carbocycles. The Morgan fingerprint density at radius 2 is 2.09 bits per heavy atom. The van der Waals surface area contributed by atoms with Crippen LogP contribution in [0.3, 0.4) is 0 Å². The van der Waals surface area contributed by atoms with E-state index in [0.29, 0.717) is 17.0 Å². The summed E-state index contributed by atoms with van der Waals surface area (Å²) in [4.78, 5) is 30.6. The number of carboxylic acids is 1. The highest BCUT2D eigenvalue weighted by Crippen LogP contribution is 2.42. The quantitative estimate of drug-likeness (QED) is 0.528. The van der Waals surface area contributed by atoms with Gasteiger partial charge in [0.2, 0.25) is 0 Å². The monoisotopic (exact) mass is 494 g/mol. The number of nitrogens with zero attached hydrogens (tertiary/aromatic N) is 2. The van der Waals surface area contributed by atoms with Crippen LogP contribution < -0.4 is 4.74 Å². The molecule has 1 N–H and O–H groups in total. The summed E-state index contributed by atoms with van der Waals surface area (Å²) in [5.74, 6) is -3.04. The molecular formula is C22H17ClF2N2O5S. The Labute approximate surface area is 196 Å². The minimum absolute atomic E-state index is 0.0939. The number of aromatic nitrogens is 1. The smallest absolute Gasteiger partial charge is 0.410 e. The molecule has 4 rings (SSSR count). The van der Waals surface area contributed by atoms with Crippen molar-refractivity contribution in [3.63, 3.8) is 0 Å². The number of hydrogen-bond acceptors (Lipinski definition) is 6. The molecule has 7 nitrogen and oxygen atoms in total. The number of rotatable bonds is 6. The Kier molecular flexibility index (Phi) is 6.75. The van der Waals surface area contributed by atoms with Gasteiger partial charge in [-0.2, -0.15) is 0 Å². The minimum atomic E-state index is -1.16. The summed E-state index contributed by atoms with van der Waals surface area (Å²) in [7, 11) is 0. The molecule has 0 spiro atoms. The third kappa shape index (κ3) is 4.91. The van der Waals surface area contributed by atoms with Crippen LogP contribution in [0.2, 0.25) is 5.02 Å². The largest absolute Gasteiger partial charge is 0.482 e. The molecule has 0 radical (unpaired) electrons. The number of ether oxygens (including phenoxy) is 2. The van der Waals surface area contributed by atoms with Gasteiger partial charge in [-0.05, 0) is 24.3 Å². The van der Waals surface area contributed by atoms with Gasteiger partial charge < -0.3 is 14.6 Å². The van der Waals surface area contributed by atoms with E-state index in [9.17, 15) is 18.4 Å². The molecule has 172 valence electrons. The number of aliphatic carboxylic acids is 1. The molecular weight excluding hydrogens is 478 g/mol. The van der Waals surface area contributed by atoms with Crippen LogP contribution in [0.4, 0.5) is 13.6 Å². The summed E-state index contributed by atoms with van der Waals surface area (Å²) in [6.45, 7) is -0.809. The van der Waals surface area contributed by atoms with Crippen molar-refractivity contribution in [3.8, 4) is 5.75 Å². The highest BCUT2D eigenvalue weighted by atomic mass is 35.5. The topological polar surface area (TPSA) is 89.0 Å². The number of amides is 1. The summed E-state index contributed by atoms with van der Waals surface area (Å²) in [5.41, 5.74) is 2.80. The minimum Gasteiger partial charge on any atom is -0.482 e. The van der Waals surface area contributed by atoms with Gasteiger partial charge in [0.25, 0.3) is 0 Å². The molecule has 0 bridgehead atoms. The van der Waals surface area contributed by atoms with Crippen molar-refractivity contribution in [1.82, 2.24) is 9.88 Å². The van der Waals surface area contributed by atoms with Crippen molar-refractivity contribution in [2.24, 2.45) is 0 Å². The van der Waals surface area contributed by atoms with Crippen LogP contribution in [-0.2, 0) is 22.6 Å². The molecule has 2 heterocycles. The second kappa shape index (κ2) is 9.72. The van der Waals surface area contributed by atoms with E-state index in [1.807, 2.05) is 0 Å². The Morgan fingerprint density at radius 3 is 2.88 bits per heavy atom.